The van der Waals surface area contributed by atoms with Gasteiger partial charge in [0.25, 0.3) is 0 Å². The molecule has 0 amide bonds. The van der Waals surface area contributed by atoms with Crippen molar-refractivity contribution >= 4 is 38.6 Å². The molecule has 0 unspecified atom stereocenters. The number of para-hydroxylation sites is 1. The first kappa shape index (κ1) is 26.5. The van der Waals surface area contributed by atoms with E-state index in [1.54, 1.807) is 0 Å². The van der Waals surface area contributed by atoms with Gasteiger partial charge >= 0.3 is 0 Å². The topological polar surface area (TPSA) is 3.24 Å². The summed E-state index contributed by atoms with van der Waals surface area (Å²) in [5.74, 6) is 0. The van der Waals surface area contributed by atoms with Crippen molar-refractivity contribution in [3.8, 4) is 22.3 Å². The number of aryl methyl sites for hydroxylation is 3. The summed E-state index contributed by atoms with van der Waals surface area (Å²) in [5, 5.41) is 5.16. The Morgan fingerprint density at radius 3 is 1.86 bits per heavy atom. The number of fused-ring (bicyclic) bond motifs is 4. The normalized spacial score (nSPS) is 12.8. The minimum atomic E-state index is 1.16. The molecule has 0 spiro atoms. The summed E-state index contributed by atoms with van der Waals surface area (Å²) in [7, 11) is 0. The maximum atomic E-state index is 2.48. The molecule has 1 aliphatic carbocycles. The molecule has 44 heavy (non-hydrogen) atoms. The van der Waals surface area contributed by atoms with E-state index in [1.807, 2.05) is 0 Å². The van der Waals surface area contributed by atoms with Gasteiger partial charge in [-0.1, -0.05) is 115 Å². The highest BCUT2D eigenvalue weighted by molar-refractivity contribution is 6.13. The van der Waals surface area contributed by atoms with E-state index in [0.29, 0.717) is 0 Å². The average Bonchev–Trinajstić information content (AvgIpc) is 3.09. The van der Waals surface area contributed by atoms with Crippen LogP contribution in [0.5, 0.6) is 0 Å². The van der Waals surface area contributed by atoms with Gasteiger partial charge in [-0.25, -0.2) is 0 Å². The van der Waals surface area contributed by atoms with E-state index in [1.165, 1.54) is 96.8 Å². The molecule has 0 aliphatic heterocycles. The van der Waals surface area contributed by atoms with Gasteiger partial charge in [-0.05, 0) is 118 Å². The highest BCUT2D eigenvalue weighted by atomic mass is 15.1. The molecule has 0 fully saturated rings. The molecule has 7 aromatic rings. The minimum absolute atomic E-state index is 1.16. The van der Waals surface area contributed by atoms with Crippen LogP contribution in [0.4, 0.5) is 17.1 Å². The summed E-state index contributed by atoms with van der Waals surface area (Å²) in [6, 6.07) is 53.6. The molecular formula is C43H35N. The zero-order chi connectivity index (χ0) is 29.5. The van der Waals surface area contributed by atoms with Crippen molar-refractivity contribution in [2.24, 2.45) is 0 Å². The fraction of sp³-hybridized carbons (Fsp3) is 0.116. The first-order valence-corrected chi connectivity index (χ1v) is 15.8. The van der Waals surface area contributed by atoms with Crippen LogP contribution < -0.4 is 4.90 Å². The van der Waals surface area contributed by atoms with Crippen LogP contribution in [0.3, 0.4) is 0 Å². The Hall–Kier alpha value is -5.14. The largest absolute Gasteiger partial charge is 0.310 e. The van der Waals surface area contributed by atoms with Crippen LogP contribution in [0.1, 0.15) is 29.5 Å². The maximum absolute atomic E-state index is 2.48. The van der Waals surface area contributed by atoms with Gasteiger partial charge in [-0.3, -0.25) is 0 Å². The van der Waals surface area contributed by atoms with Gasteiger partial charge in [0, 0.05) is 16.9 Å². The predicted molar refractivity (Wildman–Crippen MR) is 188 cm³/mol. The van der Waals surface area contributed by atoms with E-state index in [9.17, 15) is 0 Å². The monoisotopic (exact) mass is 565 g/mol. The van der Waals surface area contributed by atoms with E-state index in [0.717, 1.165) is 6.42 Å². The van der Waals surface area contributed by atoms with Crippen LogP contribution in [-0.2, 0) is 12.8 Å². The molecule has 0 radical (unpaired) electrons. The Bertz CT molecular complexity index is 2120. The van der Waals surface area contributed by atoms with E-state index in [-0.39, 0.29) is 0 Å². The van der Waals surface area contributed by atoms with E-state index in [4.69, 9.17) is 0 Å². The lowest BCUT2D eigenvalue weighted by Crippen LogP contribution is -2.14. The third kappa shape index (κ3) is 4.66. The zero-order valence-electron chi connectivity index (χ0n) is 25.1. The van der Waals surface area contributed by atoms with Crippen molar-refractivity contribution in [1.29, 1.82) is 0 Å². The molecule has 8 rings (SSSR count). The Labute approximate surface area is 260 Å². The lowest BCUT2D eigenvalue weighted by atomic mass is 9.89. The highest BCUT2D eigenvalue weighted by Crippen LogP contribution is 2.44. The Morgan fingerprint density at radius 2 is 1.07 bits per heavy atom. The van der Waals surface area contributed by atoms with Crippen molar-refractivity contribution in [3.05, 3.63) is 162 Å². The fourth-order valence-electron chi connectivity index (χ4n) is 7.16. The van der Waals surface area contributed by atoms with Crippen LogP contribution in [0.2, 0.25) is 0 Å². The second kappa shape index (κ2) is 11.2. The Morgan fingerprint density at radius 1 is 0.455 bits per heavy atom. The van der Waals surface area contributed by atoms with E-state index in [2.05, 4.69) is 157 Å². The van der Waals surface area contributed by atoms with Crippen LogP contribution in [0, 0.1) is 6.92 Å². The van der Waals surface area contributed by atoms with E-state index < -0.39 is 0 Å². The predicted octanol–water partition coefficient (Wildman–Crippen LogP) is 12.0. The Balaban J connectivity index is 1.31. The second-order valence-electron chi connectivity index (χ2n) is 12.1. The molecule has 1 nitrogen and oxygen atoms in total. The van der Waals surface area contributed by atoms with Crippen LogP contribution in [0.15, 0.2) is 146 Å². The van der Waals surface area contributed by atoms with Crippen molar-refractivity contribution < 1.29 is 0 Å². The lowest BCUT2D eigenvalue weighted by molar-refractivity contribution is 0.685. The zero-order valence-corrected chi connectivity index (χ0v) is 25.1. The molecule has 0 N–H and O–H groups in total. The Kier molecular flexibility index (Phi) is 6.72. The quantitative estimate of drug-likeness (QED) is 0.188. The molecule has 7 aromatic carbocycles. The standard InChI is InChI=1S/C43H35N/c1-30-27-33-15-5-6-16-34(33)29-43(30)44(42-22-12-11-19-38(42)31-13-3-2-4-14-31)36-25-23-32(24-26-36)41-28-35-17-7-8-18-37(35)39-20-9-10-21-40(39)41/h2-4,7-14,17-29H,5-6,15-16H2,1H3. The summed E-state index contributed by atoms with van der Waals surface area (Å²) >= 11 is 0. The number of nitrogens with zero attached hydrogens (tertiary/aromatic N) is 1. The molecule has 0 aromatic heterocycles. The molecule has 1 heteroatoms. The van der Waals surface area contributed by atoms with Gasteiger partial charge < -0.3 is 4.90 Å². The first-order valence-electron chi connectivity index (χ1n) is 15.8. The van der Waals surface area contributed by atoms with Gasteiger partial charge in [0.15, 0.2) is 0 Å². The molecule has 0 saturated carbocycles. The number of hydrogen-bond donors (Lipinski definition) is 0. The second-order valence-corrected chi connectivity index (χ2v) is 12.1. The highest BCUT2D eigenvalue weighted by Gasteiger charge is 2.21. The SMILES string of the molecule is Cc1cc2c(cc1N(c1ccc(-c3cc4ccccc4c4ccccc34)cc1)c1ccccc1-c1ccccc1)CCCC2. The van der Waals surface area contributed by atoms with Gasteiger partial charge in [0.1, 0.15) is 0 Å². The van der Waals surface area contributed by atoms with Crippen LogP contribution in [-0.4, -0.2) is 0 Å². The number of benzene rings is 7. The van der Waals surface area contributed by atoms with Crippen molar-refractivity contribution in [2.45, 2.75) is 32.6 Å². The molecule has 0 heterocycles. The van der Waals surface area contributed by atoms with E-state index >= 15 is 0 Å². The summed E-state index contributed by atoms with van der Waals surface area (Å²) in [5.41, 5.74) is 12.9. The molecule has 1 aliphatic rings. The molecule has 0 saturated heterocycles. The van der Waals surface area contributed by atoms with Crippen LogP contribution >= 0.6 is 0 Å². The maximum Gasteiger partial charge on any atom is 0.0540 e. The molecule has 0 atom stereocenters. The fourth-order valence-corrected chi connectivity index (χ4v) is 7.16. The third-order valence-electron chi connectivity index (χ3n) is 9.34. The van der Waals surface area contributed by atoms with Crippen molar-refractivity contribution in [2.75, 3.05) is 4.90 Å². The molecule has 212 valence electrons. The minimum Gasteiger partial charge on any atom is -0.310 e. The summed E-state index contributed by atoms with van der Waals surface area (Å²) in [6.07, 6.45) is 4.90. The first-order chi connectivity index (χ1) is 21.7. The summed E-state index contributed by atoms with van der Waals surface area (Å²) in [6.45, 7) is 2.28. The lowest BCUT2D eigenvalue weighted by Gasteiger charge is -2.31. The summed E-state index contributed by atoms with van der Waals surface area (Å²) < 4.78 is 0. The van der Waals surface area contributed by atoms with Crippen molar-refractivity contribution in [1.82, 2.24) is 0 Å². The number of anilines is 3. The van der Waals surface area contributed by atoms with Gasteiger partial charge in [0.2, 0.25) is 0 Å². The third-order valence-corrected chi connectivity index (χ3v) is 9.34. The van der Waals surface area contributed by atoms with Gasteiger partial charge in [-0.2, -0.15) is 0 Å². The number of rotatable bonds is 5. The van der Waals surface area contributed by atoms with Crippen molar-refractivity contribution in [3.63, 3.8) is 0 Å². The average molecular weight is 566 g/mol. The summed E-state index contributed by atoms with van der Waals surface area (Å²) in [4.78, 5) is 2.48. The smallest absolute Gasteiger partial charge is 0.0540 e. The number of hydrogen-bond acceptors (Lipinski definition) is 1. The molecule has 0 bridgehead atoms. The molecular weight excluding hydrogens is 530 g/mol. The van der Waals surface area contributed by atoms with Gasteiger partial charge in [-0.15, -0.1) is 0 Å². The van der Waals surface area contributed by atoms with Crippen LogP contribution in [0.25, 0.3) is 43.8 Å². The van der Waals surface area contributed by atoms with Gasteiger partial charge in [0.05, 0.1) is 5.69 Å².